The second-order valence-corrected chi connectivity index (χ2v) is 4.18. The highest BCUT2D eigenvalue weighted by atomic mass is 16.3. The van der Waals surface area contributed by atoms with Gasteiger partial charge in [-0.2, -0.15) is 0 Å². The first-order chi connectivity index (χ1) is 8.29. The molecule has 0 fully saturated rings. The van der Waals surface area contributed by atoms with Gasteiger partial charge in [0.1, 0.15) is 5.82 Å². The fraction of sp³-hybridized carbons (Fsp3) is 0.231. The highest BCUT2D eigenvalue weighted by Crippen LogP contribution is 2.19. The predicted octanol–water partition coefficient (Wildman–Crippen LogP) is 1.73. The number of aromatic nitrogens is 3. The average molecular weight is 227 g/mol. The van der Waals surface area contributed by atoms with Gasteiger partial charge in [-0.25, -0.2) is 0 Å². The number of hydrogen-bond donors (Lipinski definition) is 1. The number of aryl methyl sites for hydroxylation is 1. The van der Waals surface area contributed by atoms with Crippen molar-refractivity contribution in [3.05, 3.63) is 41.7 Å². The molecule has 0 aliphatic rings. The van der Waals surface area contributed by atoms with E-state index in [0.29, 0.717) is 6.42 Å². The smallest absolute Gasteiger partial charge is 0.161 e. The third kappa shape index (κ3) is 1.57. The van der Waals surface area contributed by atoms with Gasteiger partial charge in [0.2, 0.25) is 0 Å². The van der Waals surface area contributed by atoms with Gasteiger partial charge in [-0.15, -0.1) is 10.2 Å². The Balaban J connectivity index is 2.40. The molecule has 0 bridgehead atoms. The molecule has 0 saturated carbocycles. The lowest BCUT2D eigenvalue weighted by Gasteiger charge is -2.04. The van der Waals surface area contributed by atoms with E-state index >= 15 is 0 Å². The van der Waals surface area contributed by atoms with E-state index in [1.165, 1.54) is 5.56 Å². The molecule has 0 saturated heterocycles. The Morgan fingerprint density at radius 1 is 1.18 bits per heavy atom. The largest absolute Gasteiger partial charge is 0.396 e. The Labute approximate surface area is 98.5 Å². The molecule has 0 unspecified atom stereocenters. The van der Waals surface area contributed by atoms with Crippen LogP contribution in [0.15, 0.2) is 30.3 Å². The molecule has 2 heterocycles. The summed E-state index contributed by atoms with van der Waals surface area (Å²) in [6.07, 6.45) is 0.522. The molecule has 1 aromatic carbocycles. The lowest BCUT2D eigenvalue weighted by Crippen LogP contribution is -1.99. The molecule has 0 aliphatic heterocycles. The highest BCUT2D eigenvalue weighted by Gasteiger charge is 2.07. The van der Waals surface area contributed by atoms with Crippen molar-refractivity contribution >= 4 is 16.6 Å². The lowest BCUT2D eigenvalue weighted by atomic mass is 10.1. The molecule has 0 radical (unpaired) electrons. The van der Waals surface area contributed by atoms with E-state index in [2.05, 4.69) is 41.4 Å². The quantitative estimate of drug-likeness (QED) is 0.725. The van der Waals surface area contributed by atoms with Gasteiger partial charge in [0, 0.05) is 6.42 Å². The van der Waals surface area contributed by atoms with E-state index in [1.54, 1.807) is 0 Å². The molecular formula is C13H13N3O. The number of fused-ring (bicyclic) bond motifs is 3. The fourth-order valence-electron chi connectivity index (χ4n) is 2.14. The summed E-state index contributed by atoms with van der Waals surface area (Å²) in [6, 6.07) is 10.3. The molecule has 3 rings (SSSR count). The first kappa shape index (κ1) is 10.2. The zero-order valence-corrected chi connectivity index (χ0v) is 9.59. The highest BCUT2D eigenvalue weighted by molar-refractivity contribution is 5.82. The maximum atomic E-state index is 9.03. The van der Waals surface area contributed by atoms with E-state index in [1.807, 2.05) is 10.5 Å². The molecular weight excluding hydrogens is 214 g/mol. The Kier molecular flexibility index (Phi) is 2.30. The standard InChI is InChI=1S/C13H13N3O/c1-9-2-4-11-10(8-9)3-5-12-14-15-13(6-7-17)16(11)12/h2-5,8,17H,6-7H2,1H3. The molecule has 4 nitrogen and oxygen atoms in total. The van der Waals surface area contributed by atoms with Crippen LogP contribution in [0.1, 0.15) is 11.4 Å². The fourth-order valence-corrected chi connectivity index (χ4v) is 2.14. The second kappa shape index (κ2) is 3.82. The van der Waals surface area contributed by atoms with Crippen molar-refractivity contribution in [2.75, 3.05) is 6.61 Å². The molecule has 17 heavy (non-hydrogen) atoms. The zero-order valence-electron chi connectivity index (χ0n) is 9.59. The van der Waals surface area contributed by atoms with Crippen LogP contribution < -0.4 is 0 Å². The van der Waals surface area contributed by atoms with Crippen LogP contribution >= 0.6 is 0 Å². The third-order valence-electron chi connectivity index (χ3n) is 2.93. The topological polar surface area (TPSA) is 50.4 Å². The van der Waals surface area contributed by atoms with Crippen molar-refractivity contribution in [2.45, 2.75) is 13.3 Å². The van der Waals surface area contributed by atoms with E-state index in [0.717, 1.165) is 22.4 Å². The molecule has 3 aromatic rings. The minimum Gasteiger partial charge on any atom is -0.396 e. The lowest BCUT2D eigenvalue weighted by molar-refractivity contribution is 0.296. The van der Waals surface area contributed by atoms with E-state index in [4.69, 9.17) is 5.11 Å². The van der Waals surface area contributed by atoms with Gasteiger partial charge in [0.05, 0.1) is 12.1 Å². The summed E-state index contributed by atoms with van der Waals surface area (Å²) >= 11 is 0. The third-order valence-corrected chi connectivity index (χ3v) is 2.93. The monoisotopic (exact) mass is 227 g/mol. The van der Waals surface area contributed by atoms with Crippen LogP contribution in [-0.2, 0) is 6.42 Å². The summed E-state index contributed by atoms with van der Waals surface area (Å²) < 4.78 is 2.00. The Hall–Kier alpha value is -1.94. The minimum atomic E-state index is 0.0864. The van der Waals surface area contributed by atoms with Crippen molar-refractivity contribution < 1.29 is 5.11 Å². The van der Waals surface area contributed by atoms with E-state index < -0.39 is 0 Å². The summed E-state index contributed by atoms with van der Waals surface area (Å²) in [5.41, 5.74) is 3.14. The molecule has 4 heteroatoms. The molecule has 86 valence electrons. The molecule has 2 aromatic heterocycles. The van der Waals surface area contributed by atoms with Crippen LogP contribution in [0.25, 0.3) is 16.6 Å². The van der Waals surface area contributed by atoms with Crippen molar-refractivity contribution in [1.82, 2.24) is 14.6 Å². The van der Waals surface area contributed by atoms with Crippen molar-refractivity contribution in [1.29, 1.82) is 0 Å². The molecule has 0 atom stereocenters. The van der Waals surface area contributed by atoms with Gasteiger partial charge in [-0.3, -0.25) is 4.40 Å². The Morgan fingerprint density at radius 3 is 2.88 bits per heavy atom. The number of pyridine rings is 1. The van der Waals surface area contributed by atoms with E-state index in [9.17, 15) is 0 Å². The number of rotatable bonds is 2. The summed E-state index contributed by atoms with van der Waals surface area (Å²) in [5.74, 6) is 0.803. The SMILES string of the molecule is Cc1ccc2c(ccc3nnc(CCO)n32)c1. The molecule has 0 amide bonds. The van der Waals surface area contributed by atoms with Crippen molar-refractivity contribution in [3.8, 4) is 0 Å². The second-order valence-electron chi connectivity index (χ2n) is 4.18. The Morgan fingerprint density at radius 2 is 2.06 bits per heavy atom. The molecule has 0 aliphatic carbocycles. The van der Waals surface area contributed by atoms with Gasteiger partial charge in [0.25, 0.3) is 0 Å². The predicted molar refractivity (Wildman–Crippen MR) is 66.0 cm³/mol. The first-order valence-corrected chi connectivity index (χ1v) is 5.64. The van der Waals surface area contributed by atoms with Gasteiger partial charge in [-0.05, 0) is 36.6 Å². The van der Waals surface area contributed by atoms with Gasteiger partial charge in [-0.1, -0.05) is 11.6 Å². The van der Waals surface area contributed by atoms with Gasteiger partial charge >= 0.3 is 0 Å². The number of aliphatic hydroxyl groups excluding tert-OH is 1. The summed E-state index contributed by atoms with van der Waals surface area (Å²) in [5, 5.41) is 18.4. The number of nitrogens with zero attached hydrogens (tertiary/aromatic N) is 3. The number of benzene rings is 1. The Bertz CT molecular complexity index is 688. The van der Waals surface area contributed by atoms with Gasteiger partial charge in [0.15, 0.2) is 5.65 Å². The van der Waals surface area contributed by atoms with Crippen LogP contribution in [0.4, 0.5) is 0 Å². The number of hydrogen-bond acceptors (Lipinski definition) is 3. The molecule has 1 N–H and O–H groups in total. The maximum Gasteiger partial charge on any atom is 0.161 e. The summed E-state index contributed by atoms with van der Waals surface area (Å²) in [7, 11) is 0. The van der Waals surface area contributed by atoms with Crippen LogP contribution in [0.3, 0.4) is 0 Å². The molecule has 0 spiro atoms. The summed E-state index contributed by atoms with van der Waals surface area (Å²) in [4.78, 5) is 0. The maximum absolute atomic E-state index is 9.03. The zero-order chi connectivity index (χ0) is 11.8. The normalized spacial score (nSPS) is 11.4. The van der Waals surface area contributed by atoms with Gasteiger partial charge < -0.3 is 5.11 Å². The van der Waals surface area contributed by atoms with Crippen molar-refractivity contribution in [2.24, 2.45) is 0 Å². The minimum absolute atomic E-state index is 0.0864. The van der Waals surface area contributed by atoms with Crippen LogP contribution in [0.2, 0.25) is 0 Å². The van der Waals surface area contributed by atoms with Crippen molar-refractivity contribution in [3.63, 3.8) is 0 Å². The first-order valence-electron chi connectivity index (χ1n) is 5.64. The number of aliphatic hydroxyl groups is 1. The van der Waals surface area contributed by atoms with Crippen LogP contribution in [-0.4, -0.2) is 26.3 Å². The van der Waals surface area contributed by atoms with Crippen LogP contribution in [0, 0.1) is 6.92 Å². The van der Waals surface area contributed by atoms with Crippen LogP contribution in [0.5, 0.6) is 0 Å². The summed E-state index contributed by atoms with van der Waals surface area (Å²) in [6.45, 7) is 2.16. The van der Waals surface area contributed by atoms with E-state index in [-0.39, 0.29) is 6.61 Å². The average Bonchev–Trinajstić information content (AvgIpc) is 2.73.